The molecule has 7 heteroatoms. The largest absolute Gasteiger partial charge is 0.477 e. The van der Waals surface area contributed by atoms with E-state index in [-0.39, 0.29) is 18.4 Å². The molecule has 1 heterocycles. The number of ether oxygens (including phenoxy) is 1. The normalized spacial score (nSPS) is 10.2. The zero-order valence-electron chi connectivity index (χ0n) is 14.6. The molecule has 0 bridgehead atoms. The first-order chi connectivity index (χ1) is 12.6. The monoisotopic (exact) mass is 419 g/mol. The van der Waals surface area contributed by atoms with Gasteiger partial charge < -0.3 is 15.4 Å². The molecule has 0 fully saturated rings. The average molecular weight is 420 g/mol. The summed E-state index contributed by atoms with van der Waals surface area (Å²) in [5, 5.41) is 5.37. The van der Waals surface area contributed by atoms with E-state index in [0.29, 0.717) is 24.6 Å². The van der Waals surface area contributed by atoms with Crippen LogP contribution in [0.15, 0.2) is 47.1 Å². The fourth-order valence-corrected chi connectivity index (χ4v) is 2.55. The fraction of sp³-hybridized carbons (Fsp3) is 0.316. The van der Waals surface area contributed by atoms with E-state index >= 15 is 0 Å². The molecule has 0 spiro atoms. The van der Waals surface area contributed by atoms with Crippen LogP contribution in [-0.2, 0) is 11.3 Å². The first-order valence-corrected chi connectivity index (χ1v) is 9.26. The van der Waals surface area contributed by atoms with Gasteiger partial charge in [-0.15, -0.1) is 0 Å². The maximum atomic E-state index is 12.0. The molecule has 0 radical (unpaired) electrons. The second-order valence-electron chi connectivity index (χ2n) is 5.64. The maximum Gasteiger partial charge on any atom is 0.251 e. The Labute approximate surface area is 161 Å². The number of pyridine rings is 1. The zero-order valence-corrected chi connectivity index (χ0v) is 16.2. The van der Waals surface area contributed by atoms with Gasteiger partial charge in [0.25, 0.3) is 5.91 Å². The highest BCUT2D eigenvalue weighted by molar-refractivity contribution is 9.10. The van der Waals surface area contributed by atoms with E-state index in [9.17, 15) is 9.59 Å². The summed E-state index contributed by atoms with van der Waals surface area (Å²) >= 11 is 3.31. The van der Waals surface area contributed by atoms with Gasteiger partial charge in [0.1, 0.15) is 0 Å². The maximum absolute atomic E-state index is 12.0. The molecule has 0 aliphatic heterocycles. The van der Waals surface area contributed by atoms with Crippen LogP contribution in [0.5, 0.6) is 5.88 Å². The van der Waals surface area contributed by atoms with Crippen molar-refractivity contribution < 1.29 is 14.3 Å². The summed E-state index contributed by atoms with van der Waals surface area (Å²) in [5.41, 5.74) is 1.29. The van der Waals surface area contributed by atoms with Gasteiger partial charge in [0.2, 0.25) is 11.8 Å². The van der Waals surface area contributed by atoms with Gasteiger partial charge in [-0.1, -0.05) is 41.4 Å². The molecule has 2 rings (SSSR count). The lowest BCUT2D eigenvalue weighted by molar-refractivity contribution is -0.120. The number of halogens is 1. The molecule has 2 amide bonds. The highest BCUT2D eigenvalue weighted by atomic mass is 79.9. The van der Waals surface area contributed by atoms with Gasteiger partial charge in [-0.25, -0.2) is 4.98 Å². The summed E-state index contributed by atoms with van der Waals surface area (Å²) in [6.07, 6.45) is 3.64. The van der Waals surface area contributed by atoms with Crippen LogP contribution in [0.2, 0.25) is 0 Å². The second-order valence-corrected chi connectivity index (χ2v) is 6.56. The van der Waals surface area contributed by atoms with E-state index in [2.05, 4.69) is 38.5 Å². The molecule has 0 atom stereocenters. The summed E-state index contributed by atoms with van der Waals surface area (Å²) in [7, 11) is 0. The molecule has 0 aliphatic carbocycles. The zero-order chi connectivity index (χ0) is 18.8. The summed E-state index contributed by atoms with van der Waals surface area (Å²) in [4.78, 5) is 28.2. The molecule has 0 saturated carbocycles. The minimum atomic E-state index is -0.300. The first kappa shape index (κ1) is 19.9. The van der Waals surface area contributed by atoms with Crippen molar-refractivity contribution in [1.82, 2.24) is 15.6 Å². The summed E-state index contributed by atoms with van der Waals surface area (Å²) in [6, 6.07) is 10.6. The Kier molecular flexibility index (Phi) is 8.08. The molecular formula is C19H22BrN3O3. The van der Waals surface area contributed by atoms with Crippen molar-refractivity contribution in [3.8, 4) is 5.88 Å². The molecule has 6 nitrogen and oxygen atoms in total. The molecule has 0 unspecified atom stereocenters. The van der Waals surface area contributed by atoms with Crippen LogP contribution in [0.3, 0.4) is 0 Å². The predicted octanol–water partition coefficient (Wildman–Crippen LogP) is 3.07. The lowest BCUT2D eigenvalue weighted by Crippen LogP contribution is -2.36. The third kappa shape index (κ3) is 6.48. The van der Waals surface area contributed by atoms with Crippen LogP contribution in [0.25, 0.3) is 0 Å². The first-order valence-electron chi connectivity index (χ1n) is 8.47. The summed E-state index contributed by atoms with van der Waals surface area (Å²) in [6.45, 7) is 2.88. The molecule has 138 valence electrons. The van der Waals surface area contributed by atoms with Crippen LogP contribution in [0.4, 0.5) is 0 Å². The van der Waals surface area contributed by atoms with Crippen LogP contribution >= 0.6 is 15.9 Å². The van der Waals surface area contributed by atoms with E-state index in [0.717, 1.165) is 22.9 Å². The van der Waals surface area contributed by atoms with Crippen molar-refractivity contribution >= 4 is 27.7 Å². The smallest absolute Gasteiger partial charge is 0.251 e. The van der Waals surface area contributed by atoms with E-state index in [1.807, 2.05) is 12.1 Å². The topological polar surface area (TPSA) is 80.3 Å². The Morgan fingerprint density at radius 3 is 2.81 bits per heavy atom. The Morgan fingerprint density at radius 1 is 1.19 bits per heavy atom. The number of carbonyl (C=O) groups is 2. The molecule has 1 aromatic heterocycles. The van der Waals surface area contributed by atoms with Crippen molar-refractivity contribution in [1.29, 1.82) is 0 Å². The quantitative estimate of drug-likeness (QED) is 0.612. The summed E-state index contributed by atoms with van der Waals surface area (Å²) < 4.78 is 6.45. The third-order valence-corrected chi connectivity index (χ3v) is 4.05. The lowest BCUT2D eigenvalue weighted by atomic mass is 10.2. The molecule has 2 N–H and O–H groups in total. The van der Waals surface area contributed by atoms with Gasteiger partial charge in [0.05, 0.1) is 13.2 Å². The number of aromatic nitrogens is 1. The van der Waals surface area contributed by atoms with Gasteiger partial charge in [0, 0.05) is 28.3 Å². The number of nitrogens with one attached hydrogen (secondary N) is 2. The molecule has 0 aliphatic rings. The van der Waals surface area contributed by atoms with Crippen LogP contribution in [-0.4, -0.2) is 29.9 Å². The number of amides is 2. The number of unbranched alkanes of at least 4 members (excludes halogenated alkanes) is 1. The number of rotatable bonds is 9. The van der Waals surface area contributed by atoms with E-state index < -0.39 is 0 Å². The van der Waals surface area contributed by atoms with Crippen LogP contribution in [0.1, 0.15) is 35.7 Å². The van der Waals surface area contributed by atoms with Crippen molar-refractivity contribution in [3.63, 3.8) is 0 Å². The Bertz CT molecular complexity index is 752. The number of hydrogen-bond acceptors (Lipinski definition) is 4. The minimum Gasteiger partial charge on any atom is -0.477 e. The Balaban J connectivity index is 1.81. The average Bonchev–Trinajstić information content (AvgIpc) is 2.65. The van der Waals surface area contributed by atoms with Crippen LogP contribution < -0.4 is 15.4 Å². The van der Waals surface area contributed by atoms with Gasteiger partial charge in [-0.05, 0) is 30.7 Å². The summed E-state index contributed by atoms with van der Waals surface area (Å²) in [5.74, 6) is -0.0532. The highest BCUT2D eigenvalue weighted by Crippen LogP contribution is 2.14. The number of nitrogens with zero attached hydrogens (tertiary/aromatic N) is 1. The van der Waals surface area contributed by atoms with Gasteiger partial charge >= 0.3 is 0 Å². The lowest BCUT2D eigenvalue weighted by Gasteiger charge is -2.11. The molecule has 1 aromatic carbocycles. The number of hydrogen-bond donors (Lipinski definition) is 2. The molecule has 0 saturated heterocycles. The van der Waals surface area contributed by atoms with E-state index in [1.165, 1.54) is 0 Å². The van der Waals surface area contributed by atoms with Crippen molar-refractivity contribution in [2.45, 2.75) is 26.3 Å². The number of benzene rings is 1. The van der Waals surface area contributed by atoms with E-state index in [1.54, 1.807) is 30.5 Å². The standard InChI is InChI=1S/C19H22BrN3O3/c1-2-3-10-26-19-15(7-5-9-21-19)12-22-17(24)13-23-18(25)14-6-4-8-16(20)11-14/h4-9,11H,2-3,10,12-13H2,1H3,(H,22,24)(H,23,25). The van der Waals surface area contributed by atoms with Gasteiger partial charge in [-0.2, -0.15) is 0 Å². The van der Waals surface area contributed by atoms with Gasteiger partial charge in [0.15, 0.2) is 0 Å². The molecular weight excluding hydrogens is 398 g/mol. The highest BCUT2D eigenvalue weighted by Gasteiger charge is 2.10. The van der Waals surface area contributed by atoms with Gasteiger partial charge in [-0.3, -0.25) is 9.59 Å². The van der Waals surface area contributed by atoms with Crippen molar-refractivity contribution in [3.05, 3.63) is 58.2 Å². The Hall–Kier alpha value is -2.41. The van der Waals surface area contributed by atoms with Crippen molar-refractivity contribution in [2.75, 3.05) is 13.2 Å². The third-order valence-electron chi connectivity index (χ3n) is 3.56. The van der Waals surface area contributed by atoms with E-state index in [4.69, 9.17) is 4.74 Å². The number of carbonyl (C=O) groups excluding carboxylic acids is 2. The van der Waals surface area contributed by atoms with Crippen LogP contribution in [0, 0.1) is 0 Å². The minimum absolute atomic E-state index is 0.0996. The fourth-order valence-electron chi connectivity index (χ4n) is 2.15. The molecule has 2 aromatic rings. The SMILES string of the molecule is CCCCOc1ncccc1CNC(=O)CNC(=O)c1cccc(Br)c1. The van der Waals surface area contributed by atoms with Crippen molar-refractivity contribution in [2.24, 2.45) is 0 Å². The Morgan fingerprint density at radius 2 is 2.04 bits per heavy atom. The second kappa shape index (κ2) is 10.6. The predicted molar refractivity (Wildman–Crippen MR) is 103 cm³/mol. The molecule has 26 heavy (non-hydrogen) atoms.